The molecular weight excluding hydrogens is 342 g/mol. The van der Waals surface area contributed by atoms with Crippen molar-refractivity contribution < 1.29 is 9.57 Å². The first-order chi connectivity index (χ1) is 12.8. The molecule has 1 unspecified atom stereocenters. The molecule has 0 spiro atoms. The number of hydrogen-bond donors (Lipinski definition) is 1. The van der Waals surface area contributed by atoms with Crippen LogP contribution in [0.5, 0.6) is 5.75 Å². The zero-order chi connectivity index (χ0) is 17.8. The van der Waals surface area contributed by atoms with E-state index >= 15 is 0 Å². The van der Waals surface area contributed by atoms with Gasteiger partial charge in [-0.05, 0) is 54.0 Å². The Balaban J connectivity index is 1.40. The van der Waals surface area contributed by atoms with Gasteiger partial charge in [0.15, 0.2) is 0 Å². The average Bonchev–Trinajstić information content (AvgIpc) is 3.12. The monoisotopic (exact) mass is 367 g/mol. The molecule has 4 rings (SSSR count). The maximum Gasteiger partial charge on any atom is 0.122 e. The van der Waals surface area contributed by atoms with Gasteiger partial charge in [0.05, 0.1) is 0 Å². The second kappa shape index (κ2) is 8.21. The van der Waals surface area contributed by atoms with Crippen molar-refractivity contribution in [2.45, 2.75) is 44.8 Å². The number of thiophene rings is 1. The van der Waals surface area contributed by atoms with E-state index in [-0.39, 0.29) is 6.10 Å². The molecule has 1 aliphatic rings. The van der Waals surface area contributed by atoms with Crippen LogP contribution in [0.1, 0.15) is 48.6 Å². The minimum Gasteiger partial charge on any atom is -0.488 e. The van der Waals surface area contributed by atoms with E-state index in [9.17, 15) is 0 Å². The summed E-state index contributed by atoms with van der Waals surface area (Å²) in [6, 6.07) is 18.9. The highest BCUT2D eigenvalue weighted by Gasteiger charge is 2.25. The zero-order valence-electron chi connectivity index (χ0n) is 14.9. The van der Waals surface area contributed by atoms with Gasteiger partial charge >= 0.3 is 0 Å². The molecule has 0 amide bonds. The molecule has 3 aromatic rings. The van der Waals surface area contributed by atoms with Gasteiger partial charge in [-0.1, -0.05) is 49.6 Å². The van der Waals surface area contributed by atoms with Gasteiger partial charge in [-0.3, -0.25) is 4.84 Å². The number of rotatable bonds is 6. The molecule has 3 nitrogen and oxygen atoms in total. The van der Waals surface area contributed by atoms with Crippen molar-refractivity contribution in [2.75, 3.05) is 0 Å². The Morgan fingerprint density at radius 2 is 1.77 bits per heavy atom. The number of hydrogen-bond acceptors (Lipinski definition) is 4. The van der Waals surface area contributed by atoms with E-state index in [0.29, 0.717) is 12.5 Å². The first-order valence-corrected chi connectivity index (χ1v) is 10.2. The van der Waals surface area contributed by atoms with Crippen LogP contribution in [-0.2, 0) is 11.4 Å². The second-order valence-electron chi connectivity index (χ2n) is 7.06. The molecule has 1 heterocycles. The summed E-state index contributed by atoms with van der Waals surface area (Å²) < 4.78 is 7.28. The SMILES string of the molecule is NOC(c1ccc(OCc2cc3ccccc3s2)cc1)C1CCCCC1. The third kappa shape index (κ3) is 3.93. The Hall–Kier alpha value is -1.88. The molecule has 4 heteroatoms. The van der Waals surface area contributed by atoms with Crippen molar-refractivity contribution in [1.82, 2.24) is 0 Å². The summed E-state index contributed by atoms with van der Waals surface area (Å²) in [5.74, 6) is 7.02. The fourth-order valence-corrected chi connectivity index (χ4v) is 4.89. The lowest BCUT2D eigenvalue weighted by atomic mass is 9.83. The van der Waals surface area contributed by atoms with Gasteiger partial charge in [-0.25, -0.2) is 5.90 Å². The molecule has 1 atom stereocenters. The van der Waals surface area contributed by atoms with E-state index in [1.165, 1.54) is 47.1 Å². The van der Waals surface area contributed by atoms with E-state index in [0.717, 1.165) is 11.3 Å². The van der Waals surface area contributed by atoms with Crippen molar-refractivity contribution in [3.63, 3.8) is 0 Å². The Morgan fingerprint density at radius 3 is 2.50 bits per heavy atom. The highest BCUT2D eigenvalue weighted by Crippen LogP contribution is 2.36. The highest BCUT2D eigenvalue weighted by atomic mass is 32.1. The summed E-state index contributed by atoms with van der Waals surface area (Å²) in [7, 11) is 0. The van der Waals surface area contributed by atoms with E-state index in [4.69, 9.17) is 15.5 Å². The molecule has 1 aliphatic carbocycles. The molecule has 2 N–H and O–H groups in total. The number of fused-ring (bicyclic) bond motifs is 1. The number of nitrogens with two attached hydrogens (primary N) is 1. The van der Waals surface area contributed by atoms with Crippen LogP contribution >= 0.6 is 11.3 Å². The molecule has 1 saturated carbocycles. The third-order valence-electron chi connectivity index (χ3n) is 5.29. The lowest BCUT2D eigenvalue weighted by Gasteiger charge is -2.28. The lowest BCUT2D eigenvalue weighted by Crippen LogP contribution is -2.21. The molecule has 0 aliphatic heterocycles. The smallest absolute Gasteiger partial charge is 0.122 e. The van der Waals surface area contributed by atoms with Crippen LogP contribution in [0.4, 0.5) is 0 Å². The Labute approximate surface area is 158 Å². The first kappa shape index (κ1) is 17.5. The van der Waals surface area contributed by atoms with Crippen LogP contribution in [-0.4, -0.2) is 0 Å². The minimum absolute atomic E-state index is 0.00746. The largest absolute Gasteiger partial charge is 0.488 e. The Bertz CT molecular complexity index is 804. The molecular formula is C22H25NO2S. The fraction of sp³-hybridized carbons (Fsp3) is 0.364. The summed E-state index contributed by atoms with van der Waals surface area (Å²) in [6.07, 6.45) is 6.28. The molecule has 1 fully saturated rings. The van der Waals surface area contributed by atoms with Gasteiger partial charge in [-0.2, -0.15) is 0 Å². The van der Waals surface area contributed by atoms with E-state index in [1.54, 1.807) is 11.3 Å². The van der Waals surface area contributed by atoms with Crippen LogP contribution in [0.25, 0.3) is 10.1 Å². The summed E-state index contributed by atoms with van der Waals surface area (Å²) >= 11 is 1.79. The zero-order valence-corrected chi connectivity index (χ0v) is 15.7. The van der Waals surface area contributed by atoms with Crippen LogP contribution in [0, 0.1) is 5.92 Å². The lowest BCUT2D eigenvalue weighted by molar-refractivity contribution is -0.00278. The highest BCUT2D eigenvalue weighted by molar-refractivity contribution is 7.19. The van der Waals surface area contributed by atoms with Crippen molar-refractivity contribution in [3.05, 3.63) is 65.0 Å². The molecule has 0 radical (unpaired) electrons. The van der Waals surface area contributed by atoms with Crippen molar-refractivity contribution in [1.29, 1.82) is 0 Å². The maximum atomic E-state index is 5.97. The number of ether oxygens (including phenoxy) is 1. The Kier molecular flexibility index (Phi) is 5.54. The van der Waals surface area contributed by atoms with Crippen LogP contribution in [0.15, 0.2) is 54.6 Å². The van der Waals surface area contributed by atoms with Crippen molar-refractivity contribution in [2.24, 2.45) is 11.8 Å². The molecule has 136 valence electrons. The van der Waals surface area contributed by atoms with Gasteiger partial charge < -0.3 is 4.74 Å². The van der Waals surface area contributed by atoms with E-state index in [1.807, 2.05) is 12.1 Å². The third-order valence-corrected chi connectivity index (χ3v) is 6.38. The summed E-state index contributed by atoms with van der Waals surface area (Å²) in [6.45, 7) is 0.595. The van der Waals surface area contributed by atoms with E-state index < -0.39 is 0 Å². The van der Waals surface area contributed by atoms with E-state index in [2.05, 4.69) is 42.5 Å². The molecule has 2 aromatic carbocycles. The van der Waals surface area contributed by atoms with Gasteiger partial charge in [0.2, 0.25) is 0 Å². The van der Waals surface area contributed by atoms with Gasteiger partial charge in [0.25, 0.3) is 0 Å². The van der Waals surface area contributed by atoms with Gasteiger partial charge in [0, 0.05) is 9.58 Å². The second-order valence-corrected chi connectivity index (χ2v) is 8.23. The summed E-state index contributed by atoms with van der Waals surface area (Å²) in [5, 5.41) is 1.28. The minimum atomic E-state index is -0.00746. The average molecular weight is 368 g/mol. The van der Waals surface area contributed by atoms with Crippen molar-refractivity contribution in [3.8, 4) is 5.75 Å². The predicted octanol–water partition coefficient (Wildman–Crippen LogP) is 5.99. The summed E-state index contributed by atoms with van der Waals surface area (Å²) in [4.78, 5) is 6.58. The van der Waals surface area contributed by atoms with Gasteiger partial charge in [-0.15, -0.1) is 11.3 Å². The standard InChI is InChI=1S/C22H25NO2S/c23-25-22(16-6-2-1-3-7-16)17-10-12-19(13-11-17)24-15-20-14-18-8-4-5-9-21(18)26-20/h4-5,8-14,16,22H,1-3,6-7,15,23H2. The van der Waals surface area contributed by atoms with Gasteiger partial charge in [0.1, 0.15) is 18.5 Å². The Morgan fingerprint density at radius 1 is 1.00 bits per heavy atom. The fourth-order valence-electron chi connectivity index (χ4n) is 3.91. The van der Waals surface area contributed by atoms with Crippen LogP contribution in [0.3, 0.4) is 0 Å². The first-order valence-electron chi connectivity index (χ1n) is 9.39. The maximum absolute atomic E-state index is 5.97. The van der Waals surface area contributed by atoms with Crippen molar-refractivity contribution >= 4 is 21.4 Å². The quantitative estimate of drug-likeness (QED) is 0.544. The molecule has 1 aromatic heterocycles. The normalized spacial score (nSPS) is 16.7. The van der Waals surface area contributed by atoms with Crippen LogP contribution in [0.2, 0.25) is 0 Å². The topological polar surface area (TPSA) is 44.5 Å². The summed E-state index contributed by atoms with van der Waals surface area (Å²) in [5.41, 5.74) is 1.15. The number of benzene rings is 2. The molecule has 0 saturated heterocycles. The molecule has 0 bridgehead atoms. The van der Waals surface area contributed by atoms with Crippen LogP contribution < -0.4 is 10.6 Å². The predicted molar refractivity (Wildman–Crippen MR) is 107 cm³/mol. The molecule has 26 heavy (non-hydrogen) atoms.